The van der Waals surface area contributed by atoms with Crippen LogP contribution < -0.4 is 10.6 Å². The number of hydrogen-bond acceptors (Lipinski definition) is 3. The van der Waals surface area contributed by atoms with Crippen LogP contribution in [0, 0.1) is 0 Å². The Bertz CT molecular complexity index is 690. The van der Waals surface area contributed by atoms with Crippen LogP contribution in [0.4, 0.5) is 19.0 Å². The molecular formula is C18H20F3N3. The van der Waals surface area contributed by atoms with E-state index >= 15 is 0 Å². The van der Waals surface area contributed by atoms with E-state index in [9.17, 15) is 13.2 Å². The molecule has 0 atom stereocenters. The molecule has 0 aliphatic carbocycles. The van der Waals surface area contributed by atoms with Crippen molar-refractivity contribution < 1.29 is 13.2 Å². The van der Waals surface area contributed by atoms with Gasteiger partial charge in [-0.15, -0.1) is 0 Å². The van der Waals surface area contributed by atoms with Gasteiger partial charge in [0.05, 0.1) is 11.3 Å². The molecule has 24 heavy (non-hydrogen) atoms. The highest BCUT2D eigenvalue weighted by atomic mass is 19.4. The number of alkyl halides is 3. The van der Waals surface area contributed by atoms with Gasteiger partial charge in [0.25, 0.3) is 0 Å². The van der Waals surface area contributed by atoms with Gasteiger partial charge in [-0.25, -0.2) is 4.98 Å². The minimum Gasteiger partial charge on any atom is -0.357 e. The second-order valence-electron chi connectivity index (χ2n) is 6.05. The highest BCUT2D eigenvalue weighted by Crippen LogP contribution is 2.31. The Kier molecular flexibility index (Phi) is 4.76. The number of rotatable bonds is 3. The van der Waals surface area contributed by atoms with Crippen molar-refractivity contribution in [2.45, 2.75) is 32.0 Å². The quantitative estimate of drug-likeness (QED) is 0.913. The van der Waals surface area contributed by atoms with Gasteiger partial charge in [0.2, 0.25) is 0 Å². The molecule has 0 spiro atoms. The first kappa shape index (κ1) is 16.8. The minimum absolute atomic E-state index is 0.372. The third-order valence-electron chi connectivity index (χ3n) is 4.30. The maximum absolute atomic E-state index is 12.7. The predicted molar refractivity (Wildman–Crippen MR) is 88.6 cm³/mol. The van der Waals surface area contributed by atoms with Crippen molar-refractivity contribution in [3.63, 3.8) is 0 Å². The number of halogens is 3. The number of nitrogens with two attached hydrogens (primary N) is 1. The van der Waals surface area contributed by atoms with Crippen LogP contribution in [0.3, 0.4) is 0 Å². The molecule has 0 amide bonds. The summed E-state index contributed by atoms with van der Waals surface area (Å²) in [5, 5.41) is 0. The molecule has 1 aliphatic rings. The Morgan fingerprint density at radius 2 is 1.67 bits per heavy atom. The van der Waals surface area contributed by atoms with Crippen LogP contribution in [0.1, 0.15) is 30.4 Å². The van der Waals surface area contributed by atoms with Gasteiger partial charge < -0.3 is 10.6 Å². The van der Waals surface area contributed by atoms with Gasteiger partial charge in [-0.05, 0) is 49.1 Å². The molecule has 128 valence electrons. The number of nitrogens with zero attached hydrogens (tertiary/aromatic N) is 2. The summed E-state index contributed by atoms with van der Waals surface area (Å²) in [6.07, 6.45) is -0.850. The van der Waals surface area contributed by atoms with Crippen LogP contribution >= 0.6 is 0 Å². The van der Waals surface area contributed by atoms with E-state index < -0.39 is 11.7 Å². The van der Waals surface area contributed by atoms with Gasteiger partial charge in [-0.2, -0.15) is 13.2 Å². The van der Waals surface area contributed by atoms with E-state index in [1.54, 1.807) is 0 Å². The van der Waals surface area contributed by atoms with E-state index in [2.05, 4.69) is 9.88 Å². The van der Waals surface area contributed by atoms with Gasteiger partial charge in [0.1, 0.15) is 5.82 Å². The van der Waals surface area contributed by atoms with Crippen molar-refractivity contribution in [2.75, 3.05) is 18.0 Å². The van der Waals surface area contributed by atoms with E-state index in [1.165, 1.54) is 18.6 Å². The van der Waals surface area contributed by atoms with Crippen LogP contribution in [-0.2, 0) is 12.7 Å². The van der Waals surface area contributed by atoms with Gasteiger partial charge in [0.15, 0.2) is 0 Å². The summed E-state index contributed by atoms with van der Waals surface area (Å²) in [7, 11) is 0. The molecule has 1 fully saturated rings. The second-order valence-corrected chi connectivity index (χ2v) is 6.05. The van der Waals surface area contributed by atoms with E-state index in [4.69, 9.17) is 5.73 Å². The fourth-order valence-corrected chi connectivity index (χ4v) is 2.95. The molecule has 0 radical (unpaired) electrons. The van der Waals surface area contributed by atoms with Gasteiger partial charge in [-0.3, -0.25) is 0 Å². The number of benzene rings is 1. The van der Waals surface area contributed by atoms with E-state index in [0.29, 0.717) is 17.8 Å². The molecule has 2 heterocycles. The Labute approximate surface area is 139 Å². The first-order valence-corrected chi connectivity index (χ1v) is 8.11. The first-order chi connectivity index (χ1) is 11.5. The molecule has 0 bridgehead atoms. The third kappa shape index (κ3) is 3.70. The molecule has 1 aliphatic heterocycles. The SMILES string of the molecule is NCc1cc(-c2ccc(C(F)(F)F)cc2)nc(N2CCCCC2)c1. The summed E-state index contributed by atoms with van der Waals surface area (Å²) in [5.41, 5.74) is 7.38. The summed E-state index contributed by atoms with van der Waals surface area (Å²) in [5.74, 6) is 0.854. The van der Waals surface area contributed by atoms with Crippen molar-refractivity contribution in [2.24, 2.45) is 5.73 Å². The highest BCUT2D eigenvalue weighted by molar-refractivity contribution is 5.63. The van der Waals surface area contributed by atoms with Crippen molar-refractivity contribution in [1.29, 1.82) is 0 Å². The zero-order chi connectivity index (χ0) is 17.2. The fourth-order valence-electron chi connectivity index (χ4n) is 2.95. The average molecular weight is 335 g/mol. The predicted octanol–water partition coefficient (Wildman–Crippen LogP) is 4.22. The molecule has 1 aromatic heterocycles. The smallest absolute Gasteiger partial charge is 0.357 e. The highest BCUT2D eigenvalue weighted by Gasteiger charge is 2.30. The molecule has 6 heteroatoms. The van der Waals surface area contributed by atoms with Crippen molar-refractivity contribution in [3.05, 3.63) is 47.5 Å². The number of anilines is 1. The summed E-state index contributed by atoms with van der Waals surface area (Å²) in [6.45, 7) is 2.28. The summed E-state index contributed by atoms with van der Waals surface area (Å²) < 4.78 is 38.1. The van der Waals surface area contributed by atoms with Gasteiger partial charge in [-0.1, -0.05) is 12.1 Å². The number of pyridine rings is 1. The van der Waals surface area contributed by atoms with Crippen LogP contribution in [-0.4, -0.2) is 18.1 Å². The molecule has 2 N–H and O–H groups in total. The van der Waals surface area contributed by atoms with Crippen LogP contribution in [0.15, 0.2) is 36.4 Å². The zero-order valence-corrected chi connectivity index (χ0v) is 13.3. The first-order valence-electron chi connectivity index (χ1n) is 8.11. The maximum Gasteiger partial charge on any atom is 0.416 e. The largest absolute Gasteiger partial charge is 0.416 e. The van der Waals surface area contributed by atoms with Crippen molar-refractivity contribution in [3.8, 4) is 11.3 Å². The second kappa shape index (κ2) is 6.81. The zero-order valence-electron chi connectivity index (χ0n) is 13.3. The van der Waals surface area contributed by atoms with Gasteiger partial charge in [0, 0.05) is 25.2 Å². The maximum atomic E-state index is 12.7. The summed E-state index contributed by atoms with van der Waals surface area (Å²) >= 11 is 0. The molecule has 3 nitrogen and oxygen atoms in total. The number of aromatic nitrogens is 1. The standard InChI is InChI=1S/C18H20F3N3/c19-18(20,21)15-6-4-14(5-7-15)16-10-13(12-22)11-17(23-16)24-8-2-1-3-9-24/h4-7,10-11H,1-3,8-9,12,22H2. The number of piperidine rings is 1. The Hall–Kier alpha value is -2.08. The van der Waals surface area contributed by atoms with Gasteiger partial charge >= 0.3 is 6.18 Å². The van der Waals surface area contributed by atoms with E-state index in [-0.39, 0.29) is 0 Å². The van der Waals surface area contributed by atoms with Crippen molar-refractivity contribution in [1.82, 2.24) is 4.98 Å². The molecule has 2 aromatic rings. The fraction of sp³-hybridized carbons (Fsp3) is 0.389. The average Bonchev–Trinajstić information content (AvgIpc) is 2.61. The lowest BCUT2D eigenvalue weighted by molar-refractivity contribution is -0.137. The van der Waals surface area contributed by atoms with E-state index in [0.717, 1.165) is 49.4 Å². The van der Waals surface area contributed by atoms with Crippen LogP contribution in [0.2, 0.25) is 0 Å². The third-order valence-corrected chi connectivity index (χ3v) is 4.30. The Balaban J connectivity index is 1.94. The normalized spacial score (nSPS) is 15.6. The lowest BCUT2D eigenvalue weighted by Crippen LogP contribution is -2.30. The molecule has 1 aromatic carbocycles. The minimum atomic E-state index is -4.33. The molecule has 0 unspecified atom stereocenters. The monoisotopic (exact) mass is 335 g/mol. The van der Waals surface area contributed by atoms with Crippen molar-refractivity contribution >= 4 is 5.82 Å². The molecular weight excluding hydrogens is 315 g/mol. The molecule has 1 saturated heterocycles. The van der Waals surface area contributed by atoms with Crippen LogP contribution in [0.25, 0.3) is 11.3 Å². The Morgan fingerprint density at radius 3 is 2.25 bits per heavy atom. The summed E-state index contributed by atoms with van der Waals surface area (Å²) in [4.78, 5) is 6.87. The lowest BCUT2D eigenvalue weighted by Gasteiger charge is -2.28. The Morgan fingerprint density at radius 1 is 1.00 bits per heavy atom. The lowest BCUT2D eigenvalue weighted by atomic mass is 10.1. The van der Waals surface area contributed by atoms with E-state index in [1.807, 2.05) is 12.1 Å². The molecule has 0 saturated carbocycles. The molecule has 3 rings (SSSR count). The topological polar surface area (TPSA) is 42.1 Å². The van der Waals surface area contributed by atoms with Crippen LogP contribution in [0.5, 0.6) is 0 Å². The number of hydrogen-bond donors (Lipinski definition) is 1. The summed E-state index contributed by atoms with van der Waals surface area (Å²) in [6, 6.07) is 8.92.